The molecule has 0 aromatic heterocycles. The lowest BCUT2D eigenvalue weighted by atomic mass is 10.1. The summed E-state index contributed by atoms with van der Waals surface area (Å²) in [6, 6.07) is 19.4. The first-order chi connectivity index (χ1) is 10.4. The van der Waals surface area contributed by atoms with Gasteiger partial charge in [0.05, 0.1) is 0 Å². The van der Waals surface area contributed by atoms with E-state index in [1.165, 1.54) is 16.9 Å². The summed E-state index contributed by atoms with van der Waals surface area (Å²) >= 11 is 0. The van der Waals surface area contributed by atoms with Gasteiger partial charge >= 0.3 is 0 Å². The van der Waals surface area contributed by atoms with E-state index in [9.17, 15) is 0 Å². The average molecular weight is 281 g/mol. The van der Waals surface area contributed by atoms with Crippen molar-refractivity contribution in [1.29, 1.82) is 0 Å². The van der Waals surface area contributed by atoms with Gasteiger partial charge in [0, 0.05) is 44.1 Å². The number of benzene rings is 2. The molecule has 0 bridgehead atoms. The molecule has 1 heterocycles. The van der Waals surface area contributed by atoms with E-state index < -0.39 is 0 Å². The number of nitrogens with zero attached hydrogens (tertiary/aromatic N) is 2. The van der Waals surface area contributed by atoms with Crippen molar-refractivity contribution in [2.24, 2.45) is 0 Å². The average Bonchev–Trinajstić information content (AvgIpc) is 2.57. The van der Waals surface area contributed by atoms with Gasteiger partial charge in [-0.1, -0.05) is 36.4 Å². The maximum Gasteiger partial charge on any atom is 0.0413 e. The highest BCUT2D eigenvalue weighted by Gasteiger charge is 2.18. The smallest absolute Gasteiger partial charge is 0.0413 e. The topological polar surface area (TPSA) is 18.5 Å². The first-order valence-corrected chi connectivity index (χ1v) is 7.66. The summed E-state index contributed by atoms with van der Waals surface area (Å²) in [6.07, 6.45) is 0. The van der Waals surface area contributed by atoms with Crippen LogP contribution in [0.3, 0.4) is 0 Å². The van der Waals surface area contributed by atoms with Gasteiger partial charge in [0.25, 0.3) is 0 Å². The summed E-state index contributed by atoms with van der Waals surface area (Å²) in [5.74, 6) is 0. The Morgan fingerprint density at radius 3 is 2.14 bits per heavy atom. The predicted molar refractivity (Wildman–Crippen MR) is 90.1 cm³/mol. The zero-order valence-electron chi connectivity index (χ0n) is 12.6. The van der Waals surface area contributed by atoms with E-state index in [4.69, 9.17) is 0 Å². The Bertz CT molecular complexity index is 560. The van der Waals surface area contributed by atoms with Crippen molar-refractivity contribution in [1.82, 2.24) is 5.32 Å². The third-order valence-corrected chi connectivity index (χ3v) is 4.10. The van der Waals surface area contributed by atoms with E-state index in [0.29, 0.717) is 0 Å². The fourth-order valence-corrected chi connectivity index (χ4v) is 3.00. The van der Waals surface area contributed by atoms with Gasteiger partial charge in [-0.3, -0.25) is 0 Å². The molecule has 0 atom stereocenters. The van der Waals surface area contributed by atoms with E-state index >= 15 is 0 Å². The fraction of sp³-hybridized carbons (Fsp3) is 0.333. The molecule has 110 valence electrons. The SMILES string of the molecule is CNCc1ccccc1N1CCN(c2ccccc2)CC1. The third kappa shape index (κ3) is 3.19. The molecule has 2 aromatic rings. The molecule has 0 spiro atoms. The lowest BCUT2D eigenvalue weighted by Crippen LogP contribution is -2.46. The highest BCUT2D eigenvalue weighted by atomic mass is 15.3. The molecule has 3 heteroatoms. The molecule has 0 saturated carbocycles. The van der Waals surface area contributed by atoms with E-state index in [0.717, 1.165) is 32.7 Å². The maximum atomic E-state index is 3.26. The van der Waals surface area contributed by atoms with Crippen LogP contribution in [0, 0.1) is 0 Å². The molecule has 1 fully saturated rings. The minimum absolute atomic E-state index is 0.926. The maximum absolute atomic E-state index is 3.26. The van der Waals surface area contributed by atoms with Gasteiger partial charge in [-0.05, 0) is 30.8 Å². The molecule has 1 aliphatic rings. The van der Waals surface area contributed by atoms with Crippen LogP contribution in [-0.2, 0) is 6.54 Å². The predicted octanol–water partition coefficient (Wildman–Crippen LogP) is 2.73. The number of anilines is 2. The van der Waals surface area contributed by atoms with Gasteiger partial charge in [-0.25, -0.2) is 0 Å². The molecular formula is C18H23N3. The summed E-state index contributed by atoms with van der Waals surface area (Å²) in [4.78, 5) is 4.98. The molecule has 1 N–H and O–H groups in total. The molecule has 0 amide bonds. The van der Waals surface area contributed by atoms with Gasteiger partial charge in [-0.15, -0.1) is 0 Å². The van der Waals surface area contributed by atoms with E-state index in [1.54, 1.807) is 0 Å². The molecule has 1 aliphatic heterocycles. The largest absolute Gasteiger partial charge is 0.368 e. The van der Waals surface area contributed by atoms with Crippen LogP contribution in [0.4, 0.5) is 11.4 Å². The quantitative estimate of drug-likeness (QED) is 0.929. The molecule has 0 radical (unpaired) electrons. The number of hydrogen-bond donors (Lipinski definition) is 1. The van der Waals surface area contributed by atoms with Crippen molar-refractivity contribution < 1.29 is 0 Å². The van der Waals surface area contributed by atoms with Gasteiger partial charge < -0.3 is 15.1 Å². The Morgan fingerprint density at radius 1 is 0.810 bits per heavy atom. The van der Waals surface area contributed by atoms with Crippen LogP contribution in [0.2, 0.25) is 0 Å². The van der Waals surface area contributed by atoms with Crippen LogP contribution in [0.5, 0.6) is 0 Å². The number of hydrogen-bond acceptors (Lipinski definition) is 3. The van der Waals surface area contributed by atoms with Gasteiger partial charge in [0.1, 0.15) is 0 Å². The van der Waals surface area contributed by atoms with Gasteiger partial charge in [-0.2, -0.15) is 0 Å². The number of nitrogens with one attached hydrogen (secondary N) is 1. The monoisotopic (exact) mass is 281 g/mol. The zero-order chi connectivity index (χ0) is 14.5. The third-order valence-electron chi connectivity index (χ3n) is 4.10. The second kappa shape index (κ2) is 6.64. The van der Waals surface area contributed by atoms with Crippen molar-refractivity contribution >= 4 is 11.4 Å². The van der Waals surface area contributed by atoms with Crippen molar-refractivity contribution in [3.63, 3.8) is 0 Å². The first kappa shape index (κ1) is 14.0. The number of piperazine rings is 1. The van der Waals surface area contributed by atoms with Crippen molar-refractivity contribution in [2.45, 2.75) is 6.54 Å². The summed E-state index contributed by atoms with van der Waals surface area (Å²) in [5, 5.41) is 3.26. The molecule has 3 rings (SSSR count). The molecule has 2 aromatic carbocycles. The molecular weight excluding hydrogens is 258 g/mol. The minimum atomic E-state index is 0.926. The first-order valence-electron chi connectivity index (χ1n) is 7.66. The Labute approximate surface area is 127 Å². The van der Waals surface area contributed by atoms with Crippen LogP contribution in [0.15, 0.2) is 54.6 Å². The Balaban J connectivity index is 1.69. The molecule has 0 aliphatic carbocycles. The Morgan fingerprint density at radius 2 is 1.43 bits per heavy atom. The van der Waals surface area contributed by atoms with Gasteiger partial charge in [0.2, 0.25) is 0 Å². The summed E-state index contributed by atoms with van der Waals surface area (Å²) < 4.78 is 0. The van der Waals surface area contributed by atoms with Crippen LogP contribution in [0.25, 0.3) is 0 Å². The van der Waals surface area contributed by atoms with Crippen molar-refractivity contribution in [2.75, 3.05) is 43.0 Å². The van der Waals surface area contributed by atoms with Crippen LogP contribution in [-0.4, -0.2) is 33.2 Å². The lowest BCUT2D eigenvalue weighted by molar-refractivity contribution is 0.649. The van der Waals surface area contributed by atoms with E-state index in [-0.39, 0.29) is 0 Å². The molecule has 0 unspecified atom stereocenters. The van der Waals surface area contributed by atoms with Gasteiger partial charge in [0.15, 0.2) is 0 Å². The van der Waals surface area contributed by atoms with Crippen LogP contribution in [0.1, 0.15) is 5.56 Å². The standard InChI is InChI=1S/C18H23N3/c1-19-15-16-7-5-6-10-18(16)21-13-11-20(12-14-21)17-8-3-2-4-9-17/h2-10,19H,11-15H2,1H3. The highest BCUT2D eigenvalue weighted by Crippen LogP contribution is 2.23. The van der Waals surface area contributed by atoms with E-state index in [1.807, 2.05) is 7.05 Å². The van der Waals surface area contributed by atoms with Crippen molar-refractivity contribution in [3.8, 4) is 0 Å². The lowest BCUT2D eigenvalue weighted by Gasteiger charge is -2.38. The molecule has 21 heavy (non-hydrogen) atoms. The second-order valence-corrected chi connectivity index (χ2v) is 5.47. The summed E-state index contributed by atoms with van der Waals surface area (Å²) in [6.45, 7) is 5.25. The van der Waals surface area contributed by atoms with Crippen LogP contribution >= 0.6 is 0 Å². The Kier molecular flexibility index (Phi) is 4.41. The number of para-hydroxylation sites is 2. The zero-order valence-corrected chi connectivity index (χ0v) is 12.6. The second-order valence-electron chi connectivity index (χ2n) is 5.47. The minimum Gasteiger partial charge on any atom is -0.368 e. The molecule has 3 nitrogen and oxygen atoms in total. The normalized spacial score (nSPS) is 15.3. The summed E-state index contributed by atoms with van der Waals surface area (Å²) in [5.41, 5.74) is 4.09. The Hall–Kier alpha value is -2.00. The molecule has 1 saturated heterocycles. The van der Waals surface area contributed by atoms with Crippen LogP contribution < -0.4 is 15.1 Å². The fourth-order valence-electron chi connectivity index (χ4n) is 3.00. The number of rotatable bonds is 4. The van der Waals surface area contributed by atoms with Crippen molar-refractivity contribution in [3.05, 3.63) is 60.2 Å². The highest BCUT2D eigenvalue weighted by molar-refractivity contribution is 5.56. The summed E-state index contributed by atoms with van der Waals surface area (Å²) in [7, 11) is 2.00. The van der Waals surface area contributed by atoms with E-state index in [2.05, 4.69) is 69.7 Å².